The maximum absolute atomic E-state index is 14.2. The van der Waals surface area contributed by atoms with E-state index < -0.39 is 18.4 Å². The summed E-state index contributed by atoms with van der Waals surface area (Å²) in [5, 5.41) is 5.64. The van der Waals surface area contributed by atoms with Crippen LogP contribution in [-0.2, 0) is 6.54 Å². The van der Waals surface area contributed by atoms with Gasteiger partial charge in [-0.3, -0.25) is 4.79 Å². The van der Waals surface area contributed by atoms with Gasteiger partial charge < -0.3 is 21.1 Å². The number of anilines is 3. The number of carbonyl (C=O) groups excluding carboxylic acids is 1. The largest absolute Gasteiger partial charge is 0.463 e. The molecule has 0 spiro atoms. The lowest BCUT2D eigenvalue weighted by Gasteiger charge is -2.11. The average Bonchev–Trinajstić information content (AvgIpc) is 2.78. The number of nitrogens with zero attached hydrogens (tertiary/aromatic N) is 3. The maximum atomic E-state index is 14.2. The minimum absolute atomic E-state index is 0.0364. The number of alkyl halides is 1. The Morgan fingerprint density at radius 1 is 1.16 bits per heavy atom. The molecule has 158 valence electrons. The second kappa shape index (κ2) is 10.5. The number of aromatic nitrogens is 3. The van der Waals surface area contributed by atoms with Gasteiger partial charge >= 0.3 is 0 Å². The Morgan fingerprint density at radius 2 is 2.03 bits per heavy atom. The average molecular weight is 424 g/mol. The van der Waals surface area contributed by atoms with Crippen LogP contribution >= 0.6 is 0 Å². The molecular weight excluding hydrogens is 406 g/mol. The fraction of sp³-hybridized carbons (Fsp3) is 0.143. The van der Waals surface area contributed by atoms with E-state index in [-0.39, 0.29) is 24.7 Å². The van der Waals surface area contributed by atoms with E-state index in [0.717, 1.165) is 0 Å². The molecule has 0 radical (unpaired) electrons. The number of rotatable bonds is 7. The zero-order chi connectivity index (χ0) is 22.1. The van der Waals surface area contributed by atoms with Gasteiger partial charge in [-0.2, -0.15) is 0 Å². The second-order valence-electron chi connectivity index (χ2n) is 6.07. The first-order valence-corrected chi connectivity index (χ1v) is 9.07. The van der Waals surface area contributed by atoms with Crippen molar-refractivity contribution < 1.29 is 18.3 Å². The molecule has 0 aliphatic heterocycles. The molecule has 1 aromatic carbocycles. The van der Waals surface area contributed by atoms with Crippen LogP contribution in [0.25, 0.3) is 0 Å². The van der Waals surface area contributed by atoms with Crippen molar-refractivity contribution in [3.63, 3.8) is 0 Å². The summed E-state index contributed by atoms with van der Waals surface area (Å²) in [5.41, 5.74) is 7.08. The number of nitrogens with one attached hydrogen (secondary N) is 2. The molecule has 1 amide bonds. The smallest absolute Gasteiger partial charge is 0.275 e. The molecule has 0 aliphatic rings. The number of nitrogens with two attached hydrogens (primary N) is 1. The first kappa shape index (κ1) is 21.4. The first-order valence-electron chi connectivity index (χ1n) is 9.07. The van der Waals surface area contributed by atoms with Gasteiger partial charge in [-0.05, 0) is 30.3 Å². The summed E-state index contributed by atoms with van der Waals surface area (Å²) < 4.78 is 31.2. The Bertz CT molecular complexity index is 1110. The van der Waals surface area contributed by atoms with Crippen LogP contribution in [0.3, 0.4) is 0 Å². The number of ether oxygens (including phenoxy) is 1. The molecule has 2 aromatic heterocycles. The summed E-state index contributed by atoms with van der Waals surface area (Å²) in [6, 6.07) is 7.62. The predicted molar refractivity (Wildman–Crippen MR) is 112 cm³/mol. The van der Waals surface area contributed by atoms with Crippen molar-refractivity contribution in [3.8, 4) is 17.7 Å². The highest BCUT2D eigenvalue weighted by Gasteiger charge is 2.11. The topological polar surface area (TPSA) is 115 Å². The van der Waals surface area contributed by atoms with Crippen LogP contribution in [0.15, 0.2) is 48.9 Å². The van der Waals surface area contributed by atoms with Gasteiger partial charge in [0.25, 0.3) is 5.91 Å². The lowest BCUT2D eigenvalue weighted by Crippen LogP contribution is -2.15. The molecule has 4 N–H and O–H groups in total. The molecule has 0 saturated heterocycles. The summed E-state index contributed by atoms with van der Waals surface area (Å²) in [5.74, 6) is 4.13. The quantitative estimate of drug-likeness (QED) is 0.500. The molecule has 0 saturated carbocycles. The molecule has 3 rings (SSSR count). The molecule has 2 heterocycles. The van der Waals surface area contributed by atoms with Gasteiger partial charge in [-0.15, -0.1) is 0 Å². The summed E-state index contributed by atoms with van der Waals surface area (Å²) in [6.45, 7) is -0.656. The van der Waals surface area contributed by atoms with Crippen LogP contribution in [-0.4, -0.2) is 34.1 Å². The number of hydrogen-bond acceptors (Lipinski definition) is 7. The van der Waals surface area contributed by atoms with Gasteiger partial charge in [-0.1, -0.05) is 11.8 Å². The number of amides is 1. The van der Waals surface area contributed by atoms with E-state index in [2.05, 4.69) is 37.4 Å². The molecule has 0 atom stereocenters. The monoisotopic (exact) mass is 424 g/mol. The Balaban J connectivity index is 1.62. The van der Waals surface area contributed by atoms with Crippen molar-refractivity contribution in [1.82, 2.24) is 15.0 Å². The van der Waals surface area contributed by atoms with E-state index in [1.54, 1.807) is 18.3 Å². The van der Waals surface area contributed by atoms with E-state index in [4.69, 9.17) is 10.5 Å². The van der Waals surface area contributed by atoms with Crippen LogP contribution in [0.1, 0.15) is 16.1 Å². The Labute approximate surface area is 176 Å². The highest BCUT2D eigenvalue weighted by atomic mass is 19.1. The predicted octanol–water partition coefficient (Wildman–Crippen LogP) is 2.81. The molecule has 0 bridgehead atoms. The van der Waals surface area contributed by atoms with Crippen molar-refractivity contribution in [2.75, 3.05) is 29.6 Å². The van der Waals surface area contributed by atoms with Crippen LogP contribution in [0.5, 0.6) is 5.88 Å². The maximum Gasteiger partial charge on any atom is 0.275 e. The highest BCUT2D eigenvalue weighted by Crippen LogP contribution is 2.19. The third-order valence-corrected chi connectivity index (χ3v) is 3.96. The van der Waals surface area contributed by atoms with Crippen molar-refractivity contribution in [2.24, 2.45) is 0 Å². The normalized spacial score (nSPS) is 10.0. The van der Waals surface area contributed by atoms with E-state index in [1.165, 1.54) is 30.6 Å². The van der Waals surface area contributed by atoms with Gasteiger partial charge in [0, 0.05) is 24.0 Å². The van der Waals surface area contributed by atoms with E-state index in [0.29, 0.717) is 22.8 Å². The Hall–Kier alpha value is -4.26. The number of nitrogen functional groups attached to an aromatic ring is 1. The second-order valence-corrected chi connectivity index (χ2v) is 6.07. The van der Waals surface area contributed by atoms with Crippen molar-refractivity contribution in [1.29, 1.82) is 0 Å². The zero-order valence-electron chi connectivity index (χ0n) is 16.2. The fourth-order valence-electron chi connectivity index (χ4n) is 2.46. The summed E-state index contributed by atoms with van der Waals surface area (Å²) in [6.07, 6.45) is 4.04. The lowest BCUT2D eigenvalue weighted by atomic mass is 10.1. The van der Waals surface area contributed by atoms with Gasteiger partial charge in [0.1, 0.15) is 24.0 Å². The minimum atomic E-state index is -0.757. The lowest BCUT2D eigenvalue weighted by molar-refractivity contribution is 0.102. The summed E-state index contributed by atoms with van der Waals surface area (Å²) in [7, 11) is 0. The Kier molecular flexibility index (Phi) is 7.26. The van der Waals surface area contributed by atoms with Gasteiger partial charge in [0.15, 0.2) is 6.61 Å². The van der Waals surface area contributed by atoms with E-state index in [9.17, 15) is 13.6 Å². The van der Waals surface area contributed by atoms with Crippen LogP contribution in [0.2, 0.25) is 0 Å². The first-order chi connectivity index (χ1) is 15.1. The molecule has 8 nitrogen and oxygen atoms in total. The molecule has 0 aliphatic carbocycles. The summed E-state index contributed by atoms with van der Waals surface area (Å²) >= 11 is 0. The SMILES string of the molecule is Nc1ncccc1NCc1cc(NC(=O)c2cnc(OCC#CCF)cn2)ccc1F. The van der Waals surface area contributed by atoms with Crippen molar-refractivity contribution in [2.45, 2.75) is 6.54 Å². The molecule has 31 heavy (non-hydrogen) atoms. The number of benzene rings is 1. The van der Waals surface area contributed by atoms with E-state index in [1.807, 2.05) is 0 Å². The molecular formula is C21H18F2N6O2. The highest BCUT2D eigenvalue weighted by molar-refractivity contribution is 6.02. The number of carbonyl (C=O) groups is 1. The van der Waals surface area contributed by atoms with Crippen molar-refractivity contribution in [3.05, 3.63) is 66.0 Å². The molecule has 10 heteroatoms. The third kappa shape index (κ3) is 6.11. The standard InChI is InChI=1S/C21H18F2N6O2/c22-7-1-2-9-31-19-13-27-18(12-28-19)21(30)29-15-5-6-16(23)14(10-15)11-26-17-4-3-8-25-20(17)24/h3-6,8,10,12-13,26H,7,9,11H2,(H2,24,25)(H,29,30). The van der Waals surface area contributed by atoms with Crippen LogP contribution in [0, 0.1) is 17.7 Å². The fourth-order valence-corrected chi connectivity index (χ4v) is 2.46. The van der Waals surface area contributed by atoms with Gasteiger partial charge in [0.2, 0.25) is 5.88 Å². The number of halogens is 2. The van der Waals surface area contributed by atoms with E-state index >= 15 is 0 Å². The molecule has 0 unspecified atom stereocenters. The number of pyridine rings is 1. The van der Waals surface area contributed by atoms with Gasteiger partial charge in [-0.25, -0.2) is 23.7 Å². The van der Waals surface area contributed by atoms with Crippen LogP contribution in [0.4, 0.5) is 26.0 Å². The van der Waals surface area contributed by atoms with Crippen molar-refractivity contribution >= 4 is 23.1 Å². The Morgan fingerprint density at radius 3 is 2.77 bits per heavy atom. The minimum Gasteiger partial charge on any atom is -0.463 e. The zero-order valence-corrected chi connectivity index (χ0v) is 16.2. The van der Waals surface area contributed by atoms with Gasteiger partial charge in [0.05, 0.1) is 18.1 Å². The molecule has 0 fully saturated rings. The van der Waals surface area contributed by atoms with Crippen LogP contribution < -0.4 is 21.1 Å². The number of hydrogen-bond donors (Lipinski definition) is 3. The summed E-state index contributed by atoms with van der Waals surface area (Å²) in [4.78, 5) is 24.3. The molecule has 3 aromatic rings. The third-order valence-electron chi connectivity index (χ3n) is 3.96.